The van der Waals surface area contributed by atoms with E-state index >= 15 is 0 Å². The maximum atomic E-state index is 4.48. The number of anilines is 1. The molecule has 0 atom stereocenters. The van der Waals surface area contributed by atoms with Crippen molar-refractivity contribution in [1.29, 1.82) is 0 Å². The molecule has 0 aliphatic rings. The van der Waals surface area contributed by atoms with E-state index in [9.17, 15) is 0 Å². The number of aryl methyl sites for hydroxylation is 1. The first-order valence-electron chi connectivity index (χ1n) is 6.00. The van der Waals surface area contributed by atoms with Crippen LogP contribution in [0.4, 0.5) is 5.69 Å². The Kier molecular flexibility index (Phi) is 3.79. The van der Waals surface area contributed by atoms with Crippen molar-refractivity contribution in [2.75, 3.05) is 18.5 Å². The monoisotopic (exact) mass is 246 g/mol. The topological polar surface area (TPSA) is 16.1 Å². The Morgan fingerprint density at radius 2 is 2.12 bits per heavy atom. The summed E-state index contributed by atoms with van der Waals surface area (Å²) < 4.78 is 0. The number of thiazole rings is 1. The van der Waals surface area contributed by atoms with Crippen molar-refractivity contribution in [3.8, 4) is 11.3 Å². The lowest BCUT2D eigenvalue weighted by Crippen LogP contribution is -2.15. The van der Waals surface area contributed by atoms with Crippen LogP contribution in [0.3, 0.4) is 0 Å². The quantitative estimate of drug-likeness (QED) is 0.815. The summed E-state index contributed by atoms with van der Waals surface area (Å²) in [5.74, 6) is 0. The van der Waals surface area contributed by atoms with Gasteiger partial charge in [-0.05, 0) is 25.5 Å². The minimum Gasteiger partial charge on any atom is -0.375 e. The maximum Gasteiger partial charge on any atom is 0.0843 e. The zero-order valence-corrected chi connectivity index (χ0v) is 11.4. The standard InChI is InChI=1S/C14H18N2S/c1-4-13-14(15-10-17-13)11-7-6-8-12(9-11)16(3)5-2/h6-10H,4-5H2,1-3H3. The lowest BCUT2D eigenvalue weighted by Gasteiger charge is -2.17. The molecule has 0 fully saturated rings. The first-order valence-corrected chi connectivity index (χ1v) is 6.88. The third-order valence-corrected chi connectivity index (χ3v) is 3.97. The molecule has 0 spiro atoms. The molecule has 90 valence electrons. The molecule has 2 aromatic rings. The van der Waals surface area contributed by atoms with E-state index in [0.29, 0.717) is 0 Å². The lowest BCUT2D eigenvalue weighted by molar-refractivity contribution is 0.968. The fraction of sp³-hybridized carbons (Fsp3) is 0.357. The van der Waals surface area contributed by atoms with E-state index in [4.69, 9.17) is 0 Å². The zero-order chi connectivity index (χ0) is 12.3. The van der Waals surface area contributed by atoms with Crippen LogP contribution >= 0.6 is 11.3 Å². The van der Waals surface area contributed by atoms with Crippen LogP contribution in [0.5, 0.6) is 0 Å². The highest BCUT2D eigenvalue weighted by Crippen LogP contribution is 2.28. The van der Waals surface area contributed by atoms with E-state index in [1.54, 1.807) is 11.3 Å². The molecule has 0 aliphatic heterocycles. The summed E-state index contributed by atoms with van der Waals surface area (Å²) in [5.41, 5.74) is 5.55. The Bertz CT molecular complexity index is 490. The number of nitrogens with zero attached hydrogens (tertiary/aromatic N) is 2. The molecule has 17 heavy (non-hydrogen) atoms. The van der Waals surface area contributed by atoms with Gasteiger partial charge in [0.2, 0.25) is 0 Å². The van der Waals surface area contributed by atoms with Crippen LogP contribution in [0.2, 0.25) is 0 Å². The van der Waals surface area contributed by atoms with Crippen LogP contribution in [-0.4, -0.2) is 18.6 Å². The fourth-order valence-corrected chi connectivity index (χ4v) is 2.56. The molecule has 0 unspecified atom stereocenters. The molecule has 0 amide bonds. The van der Waals surface area contributed by atoms with Crippen LogP contribution in [0.25, 0.3) is 11.3 Å². The summed E-state index contributed by atoms with van der Waals surface area (Å²) in [6.45, 7) is 5.35. The largest absolute Gasteiger partial charge is 0.375 e. The fourth-order valence-electron chi connectivity index (χ4n) is 1.83. The first-order chi connectivity index (χ1) is 8.26. The van der Waals surface area contributed by atoms with Gasteiger partial charge in [0.05, 0.1) is 11.2 Å². The lowest BCUT2D eigenvalue weighted by atomic mass is 10.1. The number of aromatic nitrogens is 1. The van der Waals surface area contributed by atoms with Crippen LogP contribution in [0.1, 0.15) is 18.7 Å². The molecule has 0 saturated heterocycles. The molecule has 2 rings (SSSR count). The number of rotatable bonds is 4. The zero-order valence-electron chi connectivity index (χ0n) is 10.6. The van der Waals surface area contributed by atoms with Crippen molar-refractivity contribution in [2.24, 2.45) is 0 Å². The van der Waals surface area contributed by atoms with Crippen LogP contribution in [0.15, 0.2) is 29.8 Å². The first kappa shape index (κ1) is 12.1. The number of hydrogen-bond donors (Lipinski definition) is 0. The van der Waals surface area contributed by atoms with Crippen molar-refractivity contribution < 1.29 is 0 Å². The van der Waals surface area contributed by atoms with E-state index < -0.39 is 0 Å². The number of hydrogen-bond acceptors (Lipinski definition) is 3. The van der Waals surface area contributed by atoms with E-state index in [-0.39, 0.29) is 0 Å². The summed E-state index contributed by atoms with van der Waals surface area (Å²) in [7, 11) is 2.11. The molecular weight excluding hydrogens is 228 g/mol. The van der Waals surface area contributed by atoms with Gasteiger partial charge in [0.25, 0.3) is 0 Å². The Balaban J connectivity index is 2.39. The number of benzene rings is 1. The van der Waals surface area contributed by atoms with Gasteiger partial charge in [0, 0.05) is 29.7 Å². The van der Waals surface area contributed by atoms with Gasteiger partial charge in [0.15, 0.2) is 0 Å². The molecule has 1 aromatic heterocycles. The average Bonchev–Trinajstić information content (AvgIpc) is 2.86. The maximum absolute atomic E-state index is 4.48. The predicted molar refractivity (Wildman–Crippen MR) is 75.9 cm³/mol. The van der Waals surface area contributed by atoms with Crippen molar-refractivity contribution in [2.45, 2.75) is 20.3 Å². The Hall–Kier alpha value is -1.35. The summed E-state index contributed by atoms with van der Waals surface area (Å²) in [4.78, 5) is 8.08. The highest BCUT2D eigenvalue weighted by molar-refractivity contribution is 7.10. The Morgan fingerprint density at radius 1 is 1.29 bits per heavy atom. The second-order valence-corrected chi connectivity index (χ2v) is 4.98. The van der Waals surface area contributed by atoms with Crippen LogP contribution in [-0.2, 0) is 6.42 Å². The molecule has 2 nitrogen and oxygen atoms in total. The Morgan fingerprint density at radius 3 is 2.82 bits per heavy atom. The van der Waals surface area contributed by atoms with E-state index in [0.717, 1.165) is 18.7 Å². The summed E-state index contributed by atoms with van der Waals surface area (Å²) in [5, 5.41) is 0. The third kappa shape index (κ3) is 2.50. The van der Waals surface area contributed by atoms with Gasteiger partial charge in [-0.3, -0.25) is 0 Å². The summed E-state index contributed by atoms with van der Waals surface area (Å²) in [6, 6.07) is 8.61. The van der Waals surface area contributed by atoms with Crippen molar-refractivity contribution >= 4 is 17.0 Å². The van der Waals surface area contributed by atoms with Crippen LogP contribution in [0, 0.1) is 0 Å². The average molecular weight is 246 g/mol. The molecule has 0 radical (unpaired) electrons. The minimum atomic E-state index is 1.02. The summed E-state index contributed by atoms with van der Waals surface area (Å²) in [6.07, 6.45) is 1.05. The van der Waals surface area contributed by atoms with E-state index in [1.165, 1.54) is 16.1 Å². The van der Waals surface area contributed by atoms with Gasteiger partial charge in [0.1, 0.15) is 0 Å². The molecule has 1 heterocycles. The molecule has 0 saturated carbocycles. The van der Waals surface area contributed by atoms with Crippen molar-refractivity contribution in [1.82, 2.24) is 4.98 Å². The molecule has 0 bridgehead atoms. The third-order valence-electron chi connectivity index (χ3n) is 3.00. The summed E-state index contributed by atoms with van der Waals surface area (Å²) >= 11 is 1.74. The minimum absolute atomic E-state index is 1.02. The van der Waals surface area contributed by atoms with Gasteiger partial charge in [-0.2, -0.15) is 0 Å². The smallest absolute Gasteiger partial charge is 0.0843 e. The highest BCUT2D eigenvalue weighted by Gasteiger charge is 2.08. The molecule has 0 aliphatic carbocycles. The predicted octanol–water partition coefficient (Wildman–Crippen LogP) is 3.83. The van der Waals surface area contributed by atoms with Gasteiger partial charge in [-0.1, -0.05) is 19.1 Å². The van der Waals surface area contributed by atoms with Crippen molar-refractivity contribution in [3.63, 3.8) is 0 Å². The van der Waals surface area contributed by atoms with E-state index in [1.807, 2.05) is 5.51 Å². The molecular formula is C14H18N2S. The highest BCUT2D eigenvalue weighted by atomic mass is 32.1. The Labute approximate surface area is 107 Å². The van der Waals surface area contributed by atoms with Gasteiger partial charge in [-0.25, -0.2) is 4.98 Å². The van der Waals surface area contributed by atoms with Crippen LogP contribution < -0.4 is 4.90 Å². The van der Waals surface area contributed by atoms with Gasteiger partial charge < -0.3 is 4.90 Å². The SMILES string of the molecule is CCc1scnc1-c1cccc(N(C)CC)c1. The van der Waals surface area contributed by atoms with E-state index in [2.05, 4.69) is 55.0 Å². The molecule has 3 heteroatoms. The second kappa shape index (κ2) is 5.32. The second-order valence-electron chi connectivity index (χ2n) is 4.04. The van der Waals surface area contributed by atoms with Gasteiger partial charge >= 0.3 is 0 Å². The molecule has 1 aromatic carbocycles. The van der Waals surface area contributed by atoms with Crippen molar-refractivity contribution in [3.05, 3.63) is 34.7 Å². The van der Waals surface area contributed by atoms with Gasteiger partial charge in [-0.15, -0.1) is 11.3 Å². The molecule has 0 N–H and O–H groups in total. The normalized spacial score (nSPS) is 10.5.